The van der Waals surface area contributed by atoms with Crippen LogP contribution in [0, 0.1) is 17.0 Å². The van der Waals surface area contributed by atoms with Crippen molar-refractivity contribution < 1.29 is 13.6 Å². The molecule has 9 heteroatoms. The van der Waals surface area contributed by atoms with Crippen LogP contribution in [0.4, 0.5) is 20.4 Å². The highest BCUT2D eigenvalue weighted by Gasteiger charge is 2.21. The smallest absolute Gasteiger partial charge is 0.254 e. The molecule has 2 aromatic carbocycles. The number of carbonyl (C=O) groups excluding carboxylic acids is 1. The number of nitrogens with one attached hydrogen (secondary N) is 3. The summed E-state index contributed by atoms with van der Waals surface area (Å²) in [4.78, 5) is 20.5. The Morgan fingerprint density at radius 1 is 1.09 bits per heavy atom. The van der Waals surface area contributed by atoms with Gasteiger partial charge in [-0.15, -0.1) is 0 Å². The zero-order chi connectivity index (χ0) is 23.4. The van der Waals surface area contributed by atoms with E-state index < -0.39 is 17.5 Å². The summed E-state index contributed by atoms with van der Waals surface area (Å²) < 4.78 is 27.1. The fourth-order valence-corrected chi connectivity index (χ4v) is 3.90. The van der Waals surface area contributed by atoms with Crippen molar-refractivity contribution in [2.24, 2.45) is 0 Å². The first-order valence-electron chi connectivity index (χ1n) is 10.7. The molecule has 0 atom stereocenters. The summed E-state index contributed by atoms with van der Waals surface area (Å²) in [6, 6.07) is 10.00. The summed E-state index contributed by atoms with van der Waals surface area (Å²) in [6.07, 6.45) is 5.81. The van der Waals surface area contributed by atoms with Gasteiger partial charge < -0.3 is 16.4 Å². The van der Waals surface area contributed by atoms with Crippen LogP contribution >= 0.6 is 0 Å². The van der Waals surface area contributed by atoms with Crippen LogP contribution in [0.3, 0.4) is 0 Å². The predicted molar refractivity (Wildman–Crippen MR) is 122 cm³/mol. The summed E-state index contributed by atoms with van der Waals surface area (Å²) >= 11 is 0. The molecule has 0 radical (unpaired) electrons. The Kier molecular flexibility index (Phi) is 6.58. The SMILES string of the molecule is N=C(c1ccc(CNC(=O)c2cc(F)ccc2F)cc1)c1c(N)ncnc1NC1CCCC1. The Morgan fingerprint density at radius 2 is 1.82 bits per heavy atom. The van der Waals surface area contributed by atoms with Crippen LogP contribution in [0.1, 0.15) is 52.7 Å². The standard InChI is InChI=1S/C24H24F2N6O/c25-16-9-10-19(26)18(11-16)24(33)29-12-14-5-7-15(8-6-14)21(27)20-22(28)30-13-31-23(20)32-17-3-1-2-4-17/h5-11,13,17,27H,1-4,12H2,(H,29,33)(H3,28,30,31,32). The fraction of sp³-hybridized carbons (Fsp3) is 0.250. The summed E-state index contributed by atoms with van der Waals surface area (Å²) in [5, 5.41) is 14.6. The van der Waals surface area contributed by atoms with E-state index in [0.717, 1.165) is 49.4 Å². The van der Waals surface area contributed by atoms with E-state index in [-0.39, 0.29) is 23.6 Å². The number of anilines is 2. The quantitative estimate of drug-likeness (QED) is 0.406. The molecule has 4 rings (SSSR count). The number of hydrogen-bond donors (Lipinski definition) is 4. The molecule has 7 nitrogen and oxygen atoms in total. The first kappa shape index (κ1) is 22.3. The molecule has 33 heavy (non-hydrogen) atoms. The highest BCUT2D eigenvalue weighted by Crippen LogP contribution is 2.26. The van der Waals surface area contributed by atoms with Crippen LogP contribution in [0.5, 0.6) is 0 Å². The fourth-order valence-electron chi connectivity index (χ4n) is 3.90. The third-order valence-electron chi connectivity index (χ3n) is 5.69. The van der Waals surface area contributed by atoms with E-state index in [2.05, 4.69) is 20.6 Å². The summed E-state index contributed by atoms with van der Waals surface area (Å²) in [6.45, 7) is 0.119. The van der Waals surface area contributed by atoms with Crippen LogP contribution in [-0.2, 0) is 6.54 Å². The Hall–Kier alpha value is -3.88. The van der Waals surface area contributed by atoms with Crippen molar-refractivity contribution in [2.75, 3.05) is 11.1 Å². The number of nitrogens with zero attached hydrogens (tertiary/aromatic N) is 2. The zero-order valence-corrected chi connectivity index (χ0v) is 17.9. The monoisotopic (exact) mass is 450 g/mol. The molecule has 1 amide bonds. The van der Waals surface area contributed by atoms with Crippen molar-refractivity contribution >= 4 is 23.3 Å². The molecule has 3 aromatic rings. The van der Waals surface area contributed by atoms with E-state index in [9.17, 15) is 13.6 Å². The maximum atomic E-state index is 13.8. The van der Waals surface area contributed by atoms with Gasteiger partial charge in [-0.05, 0) is 36.6 Å². The topological polar surface area (TPSA) is 117 Å². The van der Waals surface area contributed by atoms with Gasteiger partial charge in [0.2, 0.25) is 0 Å². The Labute approximate surface area is 190 Å². The number of rotatable bonds is 7. The average Bonchev–Trinajstić information content (AvgIpc) is 3.32. The van der Waals surface area contributed by atoms with E-state index in [1.165, 1.54) is 6.33 Å². The van der Waals surface area contributed by atoms with E-state index in [1.807, 2.05) is 0 Å². The van der Waals surface area contributed by atoms with Gasteiger partial charge >= 0.3 is 0 Å². The lowest BCUT2D eigenvalue weighted by molar-refractivity contribution is 0.0946. The Balaban J connectivity index is 1.45. The number of aromatic nitrogens is 2. The molecule has 1 fully saturated rings. The van der Waals surface area contributed by atoms with E-state index in [1.54, 1.807) is 24.3 Å². The van der Waals surface area contributed by atoms with Crippen molar-refractivity contribution in [3.63, 3.8) is 0 Å². The minimum Gasteiger partial charge on any atom is -0.383 e. The van der Waals surface area contributed by atoms with Gasteiger partial charge in [0.05, 0.1) is 16.8 Å². The van der Waals surface area contributed by atoms with Crippen molar-refractivity contribution in [3.05, 3.63) is 82.7 Å². The van der Waals surface area contributed by atoms with Gasteiger partial charge in [-0.1, -0.05) is 37.1 Å². The number of hydrogen-bond acceptors (Lipinski definition) is 6. The van der Waals surface area contributed by atoms with E-state index in [4.69, 9.17) is 11.1 Å². The average molecular weight is 450 g/mol. The third kappa shape index (κ3) is 5.14. The van der Waals surface area contributed by atoms with Crippen LogP contribution in [-0.4, -0.2) is 27.6 Å². The number of amides is 1. The molecule has 1 saturated carbocycles. The number of nitrogen functional groups attached to an aromatic ring is 1. The Morgan fingerprint density at radius 3 is 2.55 bits per heavy atom. The molecule has 0 spiro atoms. The van der Waals surface area contributed by atoms with Gasteiger partial charge in [0.1, 0.15) is 29.6 Å². The molecule has 5 N–H and O–H groups in total. The van der Waals surface area contributed by atoms with Crippen LogP contribution in [0.25, 0.3) is 0 Å². The van der Waals surface area contributed by atoms with Crippen LogP contribution < -0.4 is 16.4 Å². The van der Waals surface area contributed by atoms with E-state index >= 15 is 0 Å². The normalized spacial score (nSPS) is 13.6. The second kappa shape index (κ2) is 9.72. The Bertz CT molecular complexity index is 1180. The van der Waals surface area contributed by atoms with Crippen molar-refractivity contribution in [1.82, 2.24) is 15.3 Å². The molecule has 0 bridgehead atoms. The van der Waals surface area contributed by atoms with Crippen LogP contribution in [0.2, 0.25) is 0 Å². The number of carbonyl (C=O) groups is 1. The molecular formula is C24H24F2N6O. The number of halogens is 2. The largest absolute Gasteiger partial charge is 0.383 e. The molecule has 1 aliphatic rings. The van der Waals surface area contributed by atoms with Gasteiger partial charge in [-0.3, -0.25) is 10.2 Å². The first-order chi connectivity index (χ1) is 15.9. The molecule has 170 valence electrons. The summed E-state index contributed by atoms with van der Waals surface area (Å²) in [5.74, 6) is -1.41. The molecule has 0 aliphatic heterocycles. The van der Waals surface area contributed by atoms with Crippen molar-refractivity contribution in [2.45, 2.75) is 38.3 Å². The van der Waals surface area contributed by atoms with Gasteiger partial charge in [0.15, 0.2) is 0 Å². The molecule has 0 saturated heterocycles. The highest BCUT2D eigenvalue weighted by atomic mass is 19.1. The van der Waals surface area contributed by atoms with Gasteiger partial charge in [0, 0.05) is 18.2 Å². The molecule has 1 aliphatic carbocycles. The number of nitrogens with two attached hydrogens (primary N) is 1. The number of benzene rings is 2. The zero-order valence-electron chi connectivity index (χ0n) is 17.9. The van der Waals surface area contributed by atoms with Gasteiger partial charge in [0.25, 0.3) is 5.91 Å². The second-order valence-corrected chi connectivity index (χ2v) is 7.99. The van der Waals surface area contributed by atoms with Crippen LogP contribution in [0.15, 0.2) is 48.8 Å². The third-order valence-corrected chi connectivity index (χ3v) is 5.69. The molecule has 0 unspecified atom stereocenters. The minimum atomic E-state index is -0.789. The molecule has 1 aromatic heterocycles. The van der Waals surface area contributed by atoms with E-state index in [0.29, 0.717) is 23.0 Å². The van der Waals surface area contributed by atoms with Gasteiger partial charge in [-0.25, -0.2) is 18.7 Å². The first-order valence-corrected chi connectivity index (χ1v) is 10.7. The lowest BCUT2D eigenvalue weighted by atomic mass is 10.0. The lowest BCUT2D eigenvalue weighted by Crippen LogP contribution is -2.24. The molecule has 1 heterocycles. The lowest BCUT2D eigenvalue weighted by Gasteiger charge is -2.17. The summed E-state index contributed by atoms with van der Waals surface area (Å²) in [7, 11) is 0. The maximum Gasteiger partial charge on any atom is 0.254 e. The van der Waals surface area contributed by atoms with Crippen molar-refractivity contribution in [3.8, 4) is 0 Å². The highest BCUT2D eigenvalue weighted by molar-refractivity contribution is 6.16. The minimum absolute atomic E-state index is 0.119. The maximum absolute atomic E-state index is 13.8. The van der Waals surface area contributed by atoms with Crippen molar-refractivity contribution in [1.29, 1.82) is 5.41 Å². The summed E-state index contributed by atoms with van der Waals surface area (Å²) in [5.41, 5.74) is 7.71. The molecular weight excluding hydrogens is 426 g/mol. The second-order valence-electron chi connectivity index (χ2n) is 7.99. The van der Waals surface area contributed by atoms with Gasteiger partial charge in [-0.2, -0.15) is 0 Å². The predicted octanol–water partition coefficient (Wildman–Crippen LogP) is 4.04.